The Morgan fingerprint density at radius 1 is 1.22 bits per heavy atom. The van der Waals surface area contributed by atoms with Gasteiger partial charge in [0, 0.05) is 24.6 Å². The first kappa shape index (κ1) is 13.9. The molecule has 3 heterocycles. The summed E-state index contributed by atoms with van der Waals surface area (Å²) in [6, 6.07) is 10.4. The molecule has 1 atom stereocenters. The van der Waals surface area contributed by atoms with Gasteiger partial charge in [0.1, 0.15) is 5.82 Å². The van der Waals surface area contributed by atoms with Crippen LogP contribution in [0.3, 0.4) is 0 Å². The first-order valence-corrected chi connectivity index (χ1v) is 7.82. The van der Waals surface area contributed by atoms with Gasteiger partial charge in [0.05, 0.1) is 0 Å². The minimum Gasteiger partial charge on any atom is -0.324 e. The Morgan fingerprint density at radius 3 is 2.87 bits per heavy atom. The molecule has 2 aromatic heterocycles. The van der Waals surface area contributed by atoms with Crippen LogP contribution in [-0.4, -0.2) is 38.4 Å². The Bertz CT molecular complexity index is 781. The predicted octanol–water partition coefficient (Wildman–Crippen LogP) is 2.55. The lowest BCUT2D eigenvalue weighted by Crippen LogP contribution is -2.35. The van der Waals surface area contributed by atoms with Crippen molar-refractivity contribution in [3.05, 3.63) is 42.0 Å². The van der Waals surface area contributed by atoms with E-state index in [-0.39, 0.29) is 0 Å². The first-order chi connectivity index (χ1) is 11.3. The van der Waals surface area contributed by atoms with Crippen molar-refractivity contribution in [1.82, 2.24) is 25.3 Å². The number of hydrogen-bond donors (Lipinski definition) is 1. The van der Waals surface area contributed by atoms with E-state index >= 15 is 0 Å². The van der Waals surface area contributed by atoms with E-state index in [2.05, 4.69) is 30.2 Å². The number of nitrogens with zero attached hydrogens (tertiary/aromatic N) is 5. The number of aromatic amines is 1. The van der Waals surface area contributed by atoms with E-state index in [0.717, 1.165) is 43.1 Å². The van der Waals surface area contributed by atoms with Gasteiger partial charge in [-0.2, -0.15) is 10.1 Å². The maximum Gasteiger partial charge on any atom is 0.324 e. The fourth-order valence-corrected chi connectivity index (χ4v) is 2.95. The number of H-pyrrole nitrogens is 1. The fraction of sp³-hybridized carbons (Fsp3) is 0.375. The normalized spacial score (nSPS) is 18.3. The van der Waals surface area contributed by atoms with Crippen LogP contribution in [0.25, 0.3) is 11.4 Å². The largest absolute Gasteiger partial charge is 0.324 e. The number of benzene rings is 1. The second kappa shape index (κ2) is 5.83. The van der Waals surface area contributed by atoms with Crippen molar-refractivity contribution in [3.63, 3.8) is 0 Å². The second-order valence-electron chi connectivity index (χ2n) is 5.83. The van der Waals surface area contributed by atoms with E-state index in [4.69, 9.17) is 4.52 Å². The molecule has 0 amide bonds. The van der Waals surface area contributed by atoms with Gasteiger partial charge in [-0.25, -0.2) is 4.98 Å². The third-order valence-electron chi connectivity index (χ3n) is 4.12. The molecule has 0 radical (unpaired) electrons. The van der Waals surface area contributed by atoms with Gasteiger partial charge in [0.15, 0.2) is 5.82 Å². The predicted molar refractivity (Wildman–Crippen MR) is 85.0 cm³/mol. The van der Waals surface area contributed by atoms with Gasteiger partial charge >= 0.3 is 6.01 Å². The Labute approximate surface area is 133 Å². The highest BCUT2D eigenvalue weighted by Gasteiger charge is 2.27. The van der Waals surface area contributed by atoms with Crippen molar-refractivity contribution < 1.29 is 4.52 Å². The summed E-state index contributed by atoms with van der Waals surface area (Å²) in [7, 11) is 0. The molecular weight excluding hydrogens is 292 g/mol. The molecular formula is C16H18N6O. The summed E-state index contributed by atoms with van der Waals surface area (Å²) in [6.07, 6.45) is 2.13. The van der Waals surface area contributed by atoms with Crippen LogP contribution in [0.15, 0.2) is 34.9 Å². The van der Waals surface area contributed by atoms with E-state index in [0.29, 0.717) is 17.8 Å². The van der Waals surface area contributed by atoms with Gasteiger partial charge < -0.3 is 9.42 Å². The number of aromatic nitrogens is 5. The lowest BCUT2D eigenvalue weighted by Gasteiger charge is -2.29. The molecule has 1 saturated heterocycles. The second-order valence-corrected chi connectivity index (χ2v) is 5.83. The van der Waals surface area contributed by atoms with Gasteiger partial charge in [0.2, 0.25) is 5.82 Å². The van der Waals surface area contributed by atoms with Crippen LogP contribution >= 0.6 is 0 Å². The summed E-state index contributed by atoms with van der Waals surface area (Å²) in [5.74, 6) is 2.63. The van der Waals surface area contributed by atoms with Crippen molar-refractivity contribution >= 4 is 6.01 Å². The van der Waals surface area contributed by atoms with E-state index < -0.39 is 0 Å². The number of rotatable bonds is 3. The third-order valence-corrected chi connectivity index (χ3v) is 4.12. The lowest BCUT2D eigenvalue weighted by atomic mass is 9.98. The average Bonchev–Trinajstić information content (AvgIpc) is 3.25. The molecule has 0 aliphatic carbocycles. The summed E-state index contributed by atoms with van der Waals surface area (Å²) in [6.45, 7) is 3.63. The quantitative estimate of drug-likeness (QED) is 0.800. The molecule has 7 nitrogen and oxygen atoms in total. The monoisotopic (exact) mass is 310 g/mol. The maximum absolute atomic E-state index is 5.46. The zero-order valence-corrected chi connectivity index (χ0v) is 12.9. The third kappa shape index (κ3) is 2.81. The molecule has 1 N–H and O–H groups in total. The van der Waals surface area contributed by atoms with Crippen molar-refractivity contribution in [1.29, 1.82) is 0 Å². The Kier molecular flexibility index (Phi) is 3.53. The van der Waals surface area contributed by atoms with Gasteiger partial charge in [-0.1, -0.05) is 35.5 Å². The summed E-state index contributed by atoms with van der Waals surface area (Å²) in [5, 5.41) is 11.3. The highest BCUT2D eigenvalue weighted by atomic mass is 16.5. The van der Waals surface area contributed by atoms with E-state index in [1.807, 2.05) is 37.3 Å². The van der Waals surface area contributed by atoms with Crippen molar-refractivity contribution in [2.24, 2.45) is 0 Å². The van der Waals surface area contributed by atoms with Crippen LogP contribution in [0.1, 0.15) is 30.4 Å². The summed E-state index contributed by atoms with van der Waals surface area (Å²) >= 11 is 0. The fourth-order valence-electron chi connectivity index (χ4n) is 2.95. The highest BCUT2D eigenvalue weighted by molar-refractivity contribution is 5.55. The molecule has 1 aromatic carbocycles. The molecule has 1 fully saturated rings. The number of anilines is 1. The Morgan fingerprint density at radius 2 is 2.09 bits per heavy atom. The van der Waals surface area contributed by atoms with Gasteiger partial charge in [-0.15, -0.1) is 0 Å². The molecule has 118 valence electrons. The maximum atomic E-state index is 5.46. The Hall–Kier alpha value is -2.70. The smallest absolute Gasteiger partial charge is 0.324 e. The summed E-state index contributed by atoms with van der Waals surface area (Å²) < 4.78 is 5.46. The molecule has 0 spiro atoms. The van der Waals surface area contributed by atoms with Crippen molar-refractivity contribution in [2.75, 3.05) is 18.0 Å². The van der Waals surface area contributed by atoms with Crippen molar-refractivity contribution in [3.8, 4) is 11.4 Å². The van der Waals surface area contributed by atoms with Gasteiger partial charge in [-0.3, -0.25) is 5.10 Å². The topological polar surface area (TPSA) is 83.7 Å². The van der Waals surface area contributed by atoms with E-state index in [1.165, 1.54) is 0 Å². The molecule has 3 aromatic rings. The van der Waals surface area contributed by atoms with Crippen LogP contribution in [-0.2, 0) is 0 Å². The number of aryl methyl sites for hydroxylation is 1. The average molecular weight is 310 g/mol. The molecule has 1 unspecified atom stereocenters. The minimum absolute atomic E-state index is 0.292. The van der Waals surface area contributed by atoms with Crippen LogP contribution in [0.5, 0.6) is 0 Å². The van der Waals surface area contributed by atoms with Gasteiger partial charge in [-0.05, 0) is 19.8 Å². The molecule has 0 saturated carbocycles. The number of nitrogens with one attached hydrogen (secondary N) is 1. The number of piperidine rings is 1. The molecule has 1 aliphatic heterocycles. The molecule has 0 bridgehead atoms. The van der Waals surface area contributed by atoms with Crippen LogP contribution < -0.4 is 4.90 Å². The molecule has 4 rings (SSSR count). The zero-order valence-electron chi connectivity index (χ0n) is 12.9. The SMILES string of the molecule is Cc1nc(C2CCCN(c3nc(-c4ccccc4)no3)C2)n[nH]1. The molecule has 7 heteroatoms. The molecule has 1 aliphatic rings. The minimum atomic E-state index is 0.292. The number of hydrogen-bond acceptors (Lipinski definition) is 6. The highest BCUT2D eigenvalue weighted by Crippen LogP contribution is 2.28. The summed E-state index contributed by atoms with van der Waals surface area (Å²) in [5.41, 5.74) is 0.959. The van der Waals surface area contributed by atoms with Crippen molar-refractivity contribution in [2.45, 2.75) is 25.7 Å². The van der Waals surface area contributed by atoms with Gasteiger partial charge in [0.25, 0.3) is 0 Å². The van der Waals surface area contributed by atoms with Crippen LogP contribution in [0.4, 0.5) is 6.01 Å². The standard InChI is InChI=1S/C16H18N6O/c1-11-17-14(20-19-11)13-8-5-9-22(10-13)16-18-15(21-23-16)12-6-3-2-4-7-12/h2-4,6-7,13H,5,8-10H2,1H3,(H,17,19,20). The summed E-state index contributed by atoms with van der Waals surface area (Å²) in [4.78, 5) is 11.1. The molecule has 23 heavy (non-hydrogen) atoms. The Balaban J connectivity index is 1.53. The van der Waals surface area contributed by atoms with Crippen LogP contribution in [0, 0.1) is 6.92 Å². The van der Waals surface area contributed by atoms with E-state index in [1.54, 1.807) is 0 Å². The van der Waals surface area contributed by atoms with Crippen LogP contribution in [0.2, 0.25) is 0 Å². The zero-order chi connectivity index (χ0) is 15.6. The van der Waals surface area contributed by atoms with E-state index in [9.17, 15) is 0 Å². The lowest BCUT2D eigenvalue weighted by molar-refractivity contribution is 0.391. The first-order valence-electron chi connectivity index (χ1n) is 7.82.